The first-order chi connectivity index (χ1) is 13.0. The number of halogens is 1. The highest BCUT2D eigenvalue weighted by Crippen LogP contribution is 2.03. The molecule has 2 rings (SSSR count). The fourth-order valence-corrected chi connectivity index (χ4v) is 2.35. The Kier molecular flexibility index (Phi) is 16.2. The fraction of sp³-hybridized carbons (Fsp3) is 0.684. The topological polar surface area (TPSA) is 74.3 Å². The van der Waals surface area contributed by atoms with Gasteiger partial charge in [-0.1, -0.05) is 29.1 Å². The minimum Gasteiger partial charge on any atom is -0.466 e. The van der Waals surface area contributed by atoms with E-state index in [1.165, 1.54) is 33.5 Å². The van der Waals surface area contributed by atoms with Gasteiger partial charge < -0.3 is 18.9 Å². The largest absolute Gasteiger partial charge is 0.466 e. The van der Waals surface area contributed by atoms with Crippen LogP contribution in [0.2, 0.25) is 0 Å². The molecule has 0 radical (unpaired) electrons. The molecule has 156 valence electrons. The Morgan fingerprint density at radius 2 is 1.37 bits per heavy atom. The number of hydrogen-bond donors (Lipinski definition) is 0. The molecule has 2 heterocycles. The van der Waals surface area contributed by atoms with Crippen molar-refractivity contribution in [3.63, 3.8) is 0 Å². The van der Waals surface area contributed by atoms with E-state index in [1.807, 2.05) is 0 Å². The van der Waals surface area contributed by atoms with Crippen LogP contribution in [0.3, 0.4) is 0 Å². The zero-order chi connectivity index (χ0) is 20.5. The molecule has 27 heavy (non-hydrogen) atoms. The first kappa shape index (κ1) is 25.8. The monoisotopic (exact) mass is 449 g/mol. The average molecular weight is 450 g/mol. The maximum Gasteiger partial charge on any atom is 0.334 e. The number of nitrogens with zero attached hydrogens (tertiary/aromatic N) is 1. The van der Waals surface area contributed by atoms with Gasteiger partial charge in [-0.25, -0.2) is 9.59 Å². The Morgan fingerprint density at radius 1 is 0.889 bits per heavy atom. The number of carbonyl (C=O) groups is 2. The average Bonchev–Trinajstić information content (AvgIpc) is 2.74. The summed E-state index contributed by atoms with van der Waals surface area (Å²) in [5, 5.41) is 0.472. The van der Waals surface area contributed by atoms with Gasteiger partial charge in [0.1, 0.15) is 0 Å². The van der Waals surface area contributed by atoms with E-state index >= 15 is 0 Å². The molecule has 2 saturated heterocycles. The molecule has 0 aromatic carbocycles. The number of methoxy groups -OCH3 is 2. The highest BCUT2D eigenvalue weighted by molar-refractivity contribution is 9.09. The molecule has 0 bridgehead atoms. The van der Waals surface area contributed by atoms with Gasteiger partial charge in [-0.3, -0.25) is 4.90 Å². The molecule has 0 amide bonds. The predicted octanol–water partition coefficient (Wildman–Crippen LogP) is 2.35. The molecule has 7 nitrogen and oxygen atoms in total. The Balaban J connectivity index is 0.000000412. The summed E-state index contributed by atoms with van der Waals surface area (Å²) < 4.78 is 19.1. The summed E-state index contributed by atoms with van der Waals surface area (Å²) in [6, 6.07) is 0. The van der Waals surface area contributed by atoms with E-state index in [-0.39, 0.29) is 11.9 Å². The van der Waals surface area contributed by atoms with Crippen LogP contribution in [-0.4, -0.2) is 82.5 Å². The van der Waals surface area contributed by atoms with Crippen LogP contribution in [0.25, 0.3) is 0 Å². The Bertz CT molecular complexity index is 434. The lowest BCUT2D eigenvalue weighted by molar-refractivity contribution is -0.137. The van der Waals surface area contributed by atoms with E-state index in [0.29, 0.717) is 23.0 Å². The van der Waals surface area contributed by atoms with E-state index in [4.69, 9.17) is 9.47 Å². The maximum atomic E-state index is 11.0. The second-order valence-electron chi connectivity index (χ2n) is 5.89. The Labute approximate surface area is 170 Å². The molecule has 2 aliphatic rings. The minimum absolute atomic E-state index is 0.327. The lowest BCUT2D eigenvalue weighted by Gasteiger charge is -2.26. The summed E-state index contributed by atoms with van der Waals surface area (Å²) in [4.78, 5) is 23.5. The van der Waals surface area contributed by atoms with Gasteiger partial charge in [0, 0.05) is 49.3 Å². The molecule has 8 heteroatoms. The third-order valence-electron chi connectivity index (χ3n) is 3.70. The normalized spacial score (nSPS) is 16.6. The summed E-state index contributed by atoms with van der Waals surface area (Å²) >= 11 is 3.06. The van der Waals surface area contributed by atoms with Crippen LogP contribution in [0.4, 0.5) is 0 Å². The third kappa shape index (κ3) is 13.6. The molecule has 0 N–H and O–H groups in total. The van der Waals surface area contributed by atoms with E-state index in [0.717, 1.165) is 39.5 Å². The summed E-state index contributed by atoms with van der Waals surface area (Å²) in [5.74, 6) is -0.687. The Morgan fingerprint density at radius 3 is 1.70 bits per heavy atom. The van der Waals surface area contributed by atoms with Crippen molar-refractivity contribution in [2.24, 2.45) is 0 Å². The van der Waals surface area contributed by atoms with Crippen molar-refractivity contribution >= 4 is 27.9 Å². The Hall–Kier alpha value is -1.22. The highest BCUT2D eigenvalue weighted by Gasteiger charge is 2.14. The molecular formula is C19H32BrNO6. The van der Waals surface area contributed by atoms with E-state index in [1.54, 1.807) is 0 Å². The predicted molar refractivity (Wildman–Crippen MR) is 108 cm³/mol. The summed E-state index contributed by atoms with van der Waals surface area (Å²) in [6.07, 6.45) is 3.93. The van der Waals surface area contributed by atoms with Crippen LogP contribution in [0.1, 0.15) is 19.3 Å². The van der Waals surface area contributed by atoms with Gasteiger partial charge >= 0.3 is 11.9 Å². The van der Waals surface area contributed by atoms with Crippen molar-refractivity contribution in [3.05, 3.63) is 24.3 Å². The van der Waals surface area contributed by atoms with Gasteiger partial charge in [0.2, 0.25) is 0 Å². The van der Waals surface area contributed by atoms with Crippen LogP contribution in [-0.2, 0) is 28.5 Å². The zero-order valence-electron chi connectivity index (χ0n) is 16.5. The van der Waals surface area contributed by atoms with Gasteiger partial charge in [0.25, 0.3) is 0 Å². The van der Waals surface area contributed by atoms with Crippen LogP contribution in [0.15, 0.2) is 24.3 Å². The molecule has 0 aliphatic carbocycles. The van der Waals surface area contributed by atoms with Gasteiger partial charge in [0.15, 0.2) is 0 Å². The summed E-state index contributed by atoms with van der Waals surface area (Å²) in [7, 11) is 2.70. The minimum atomic E-state index is -0.359. The summed E-state index contributed by atoms with van der Waals surface area (Å²) in [5.41, 5.74) is 0.942. The lowest BCUT2D eigenvalue weighted by Crippen LogP contribution is -2.38. The second-order valence-corrected chi connectivity index (χ2v) is 6.45. The smallest absolute Gasteiger partial charge is 0.334 e. The molecule has 0 atom stereocenters. The van der Waals surface area contributed by atoms with E-state index in [2.05, 4.69) is 43.5 Å². The number of alkyl halides is 1. The molecule has 0 saturated carbocycles. The first-order valence-electron chi connectivity index (χ1n) is 8.92. The van der Waals surface area contributed by atoms with Crippen molar-refractivity contribution < 1.29 is 28.5 Å². The van der Waals surface area contributed by atoms with Crippen molar-refractivity contribution in [3.8, 4) is 0 Å². The third-order valence-corrected chi connectivity index (χ3v) is 4.38. The van der Waals surface area contributed by atoms with Crippen LogP contribution in [0, 0.1) is 0 Å². The number of rotatable bonds is 5. The SMILES string of the molecule is C1CCOCC1.C=C(CBr)C(=O)OC.C=C(CN1CCOCC1)C(=O)OC. The summed E-state index contributed by atoms with van der Waals surface area (Å²) in [6.45, 7) is 12.8. The molecule has 2 aliphatic heterocycles. The number of hydrogen-bond acceptors (Lipinski definition) is 7. The van der Waals surface area contributed by atoms with E-state index in [9.17, 15) is 9.59 Å². The maximum absolute atomic E-state index is 11.0. The van der Waals surface area contributed by atoms with Gasteiger partial charge in [0.05, 0.1) is 27.4 Å². The van der Waals surface area contributed by atoms with Crippen molar-refractivity contribution in [1.29, 1.82) is 0 Å². The van der Waals surface area contributed by atoms with Gasteiger partial charge in [-0.05, 0) is 19.3 Å². The number of ether oxygens (including phenoxy) is 4. The zero-order valence-corrected chi connectivity index (χ0v) is 18.1. The second kappa shape index (κ2) is 16.9. The van der Waals surface area contributed by atoms with Crippen molar-refractivity contribution in [2.75, 3.05) is 65.6 Å². The lowest BCUT2D eigenvalue weighted by atomic mass is 10.2. The molecule has 0 spiro atoms. The highest BCUT2D eigenvalue weighted by atomic mass is 79.9. The standard InChI is InChI=1S/C9H15NO3.C5H7BrO2.C5H10O/c1-8(9(11)12-2)7-10-3-5-13-6-4-10;1-4(3-6)5(7)8-2;1-2-4-6-5-3-1/h1,3-7H2,2H3;1,3H2,2H3;1-5H2. The van der Waals surface area contributed by atoms with Crippen LogP contribution < -0.4 is 0 Å². The number of esters is 2. The quantitative estimate of drug-likeness (QED) is 0.362. The van der Waals surface area contributed by atoms with Crippen LogP contribution in [0.5, 0.6) is 0 Å². The molecule has 2 fully saturated rings. The number of morpholine rings is 1. The van der Waals surface area contributed by atoms with Crippen molar-refractivity contribution in [2.45, 2.75) is 19.3 Å². The first-order valence-corrected chi connectivity index (χ1v) is 10.0. The molecule has 0 aromatic rings. The molecule has 0 unspecified atom stereocenters. The van der Waals surface area contributed by atoms with Crippen molar-refractivity contribution in [1.82, 2.24) is 4.90 Å². The number of carbonyl (C=O) groups excluding carboxylic acids is 2. The molecule has 0 aromatic heterocycles. The van der Waals surface area contributed by atoms with E-state index < -0.39 is 0 Å². The van der Waals surface area contributed by atoms with Gasteiger partial charge in [-0.15, -0.1) is 0 Å². The van der Waals surface area contributed by atoms with Crippen LogP contribution >= 0.6 is 15.9 Å². The van der Waals surface area contributed by atoms with Gasteiger partial charge in [-0.2, -0.15) is 0 Å². The molecular weight excluding hydrogens is 418 g/mol. The fourth-order valence-electron chi connectivity index (χ4n) is 2.12.